The van der Waals surface area contributed by atoms with Gasteiger partial charge in [0.25, 0.3) is 0 Å². The van der Waals surface area contributed by atoms with Gasteiger partial charge in [0, 0.05) is 56.9 Å². The van der Waals surface area contributed by atoms with Crippen molar-refractivity contribution in [3.8, 4) is 90.3 Å². The van der Waals surface area contributed by atoms with Crippen molar-refractivity contribution in [3.05, 3.63) is 194 Å². The van der Waals surface area contributed by atoms with E-state index in [-0.39, 0.29) is 0 Å². The average molecular weight is 693 g/mol. The van der Waals surface area contributed by atoms with E-state index in [2.05, 4.69) is 119 Å². The minimum Gasteiger partial charge on any atom is -0.256 e. The Morgan fingerprint density at radius 3 is 0.815 bits per heavy atom. The molecule has 4 heterocycles. The van der Waals surface area contributed by atoms with Crippen molar-refractivity contribution < 1.29 is 0 Å². The highest BCUT2D eigenvalue weighted by Gasteiger charge is 2.14. The van der Waals surface area contributed by atoms with Gasteiger partial charge in [-0.25, -0.2) is 19.9 Å². The van der Waals surface area contributed by atoms with Crippen LogP contribution in [0.15, 0.2) is 194 Å². The van der Waals surface area contributed by atoms with Gasteiger partial charge in [-0.15, -0.1) is 0 Å². The van der Waals surface area contributed by atoms with Crippen LogP contribution >= 0.6 is 0 Å². The van der Waals surface area contributed by atoms with Crippen LogP contribution in [0.4, 0.5) is 0 Å². The van der Waals surface area contributed by atoms with Gasteiger partial charge in [-0.3, -0.25) is 9.97 Å². The van der Waals surface area contributed by atoms with Crippen LogP contribution in [0.5, 0.6) is 0 Å². The molecular weight excluding hydrogens is 661 g/mol. The minimum absolute atomic E-state index is 0.657. The van der Waals surface area contributed by atoms with E-state index in [1.54, 1.807) is 0 Å². The van der Waals surface area contributed by atoms with Crippen molar-refractivity contribution in [2.75, 3.05) is 0 Å². The lowest BCUT2D eigenvalue weighted by Crippen LogP contribution is -1.97. The van der Waals surface area contributed by atoms with E-state index < -0.39 is 0 Å². The number of hydrogen-bond donors (Lipinski definition) is 0. The van der Waals surface area contributed by atoms with Crippen molar-refractivity contribution in [1.29, 1.82) is 0 Å². The summed E-state index contributed by atoms with van der Waals surface area (Å²) in [7, 11) is 0. The molecular formula is C48H32N6. The fraction of sp³-hybridized carbons (Fsp3) is 0. The summed E-state index contributed by atoms with van der Waals surface area (Å²) >= 11 is 0. The molecule has 4 aromatic heterocycles. The van der Waals surface area contributed by atoms with Crippen molar-refractivity contribution in [2.24, 2.45) is 0 Å². The first-order chi connectivity index (χ1) is 26.7. The van der Waals surface area contributed by atoms with Crippen LogP contribution in [0.1, 0.15) is 0 Å². The third kappa shape index (κ3) is 6.92. The van der Waals surface area contributed by atoms with Gasteiger partial charge in [-0.05, 0) is 36.4 Å². The van der Waals surface area contributed by atoms with Crippen LogP contribution < -0.4 is 0 Å². The average Bonchev–Trinajstić information content (AvgIpc) is 3.27. The Morgan fingerprint density at radius 2 is 0.500 bits per heavy atom. The predicted molar refractivity (Wildman–Crippen MR) is 217 cm³/mol. The molecule has 0 N–H and O–H groups in total. The Bertz CT molecular complexity index is 2460. The van der Waals surface area contributed by atoms with Gasteiger partial charge >= 0.3 is 0 Å². The molecule has 0 atom stereocenters. The van der Waals surface area contributed by atoms with Crippen LogP contribution in [0.3, 0.4) is 0 Å². The molecule has 0 saturated carbocycles. The fourth-order valence-corrected chi connectivity index (χ4v) is 6.42. The lowest BCUT2D eigenvalue weighted by Gasteiger charge is -2.12. The third-order valence-electron chi connectivity index (χ3n) is 9.28. The standard InChI is InChI=1S/C48H32N6/c1-3-11-33(12-4-1)43-31-45(53-47(51-43)39-25-21-35(22-26-39)41-15-7-9-29-49-41)37-17-19-38(20-18-37)46-32-44(34-13-5-2-6-14-34)52-48(54-46)40-27-23-36(24-28-40)42-16-8-10-30-50-42/h1-32H. The van der Waals surface area contributed by atoms with E-state index in [1.165, 1.54) is 0 Å². The van der Waals surface area contributed by atoms with Gasteiger partial charge in [0.05, 0.1) is 34.2 Å². The zero-order valence-electron chi connectivity index (χ0n) is 29.2. The number of pyridine rings is 2. The highest BCUT2D eigenvalue weighted by atomic mass is 14.9. The third-order valence-corrected chi connectivity index (χ3v) is 9.28. The second-order valence-electron chi connectivity index (χ2n) is 12.8. The van der Waals surface area contributed by atoms with E-state index in [1.807, 2.05) is 85.2 Å². The second kappa shape index (κ2) is 14.7. The topological polar surface area (TPSA) is 77.3 Å². The molecule has 0 saturated heterocycles. The summed E-state index contributed by atoms with van der Waals surface area (Å²) < 4.78 is 0. The van der Waals surface area contributed by atoms with E-state index in [9.17, 15) is 0 Å². The summed E-state index contributed by atoms with van der Waals surface area (Å²) in [5.74, 6) is 1.31. The maximum absolute atomic E-state index is 5.08. The largest absolute Gasteiger partial charge is 0.256 e. The summed E-state index contributed by atoms with van der Waals surface area (Å²) in [6.07, 6.45) is 3.61. The zero-order chi connectivity index (χ0) is 36.1. The van der Waals surface area contributed by atoms with Crippen molar-refractivity contribution in [1.82, 2.24) is 29.9 Å². The first-order valence-corrected chi connectivity index (χ1v) is 17.8. The minimum atomic E-state index is 0.657. The number of rotatable bonds is 8. The molecule has 0 fully saturated rings. The van der Waals surface area contributed by atoms with Crippen LogP contribution in [0.2, 0.25) is 0 Å². The first kappa shape index (κ1) is 32.5. The summed E-state index contributed by atoms with van der Waals surface area (Å²) in [5, 5.41) is 0. The summed E-state index contributed by atoms with van der Waals surface area (Å²) in [6, 6.07) is 61.3. The molecule has 0 aliphatic heterocycles. The molecule has 6 heteroatoms. The Morgan fingerprint density at radius 1 is 0.222 bits per heavy atom. The normalized spacial score (nSPS) is 11.0. The Balaban J connectivity index is 1.08. The molecule has 9 aromatic rings. The molecule has 0 bridgehead atoms. The smallest absolute Gasteiger partial charge is 0.160 e. The molecule has 5 aromatic carbocycles. The summed E-state index contributed by atoms with van der Waals surface area (Å²) in [6.45, 7) is 0. The molecule has 0 amide bonds. The zero-order valence-corrected chi connectivity index (χ0v) is 29.2. The van der Waals surface area contributed by atoms with Crippen molar-refractivity contribution >= 4 is 0 Å². The van der Waals surface area contributed by atoms with Crippen LogP contribution in [-0.4, -0.2) is 29.9 Å². The van der Waals surface area contributed by atoms with Crippen molar-refractivity contribution in [3.63, 3.8) is 0 Å². The maximum Gasteiger partial charge on any atom is 0.160 e. The molecule has 0 radical (unpaired) electrons. The van der Waals surface area contributed by atoms with Crippen molar-refractivity contribution in [2.45, 2.75) is 0 Å². The summed E-state index contributed by atoms with van der Waals surface area (Å²) in [4.78, 5) is 29.2. The molecule has 54 heavy (non-hydrogen) atoms. The summed E-state index contributed by atoms with van der Waals surface area (Å²) in [5.41, 5.74) is 13.2. The second-order valence-corrected chi connectivity index (χ2v) is 12.8. The van der Waals surface area contributed by atoms with Gasteiger partial charge in [-0.1, -0.05) is 146 Å². The number of nitrogens with zero attached hydrogens (tertiary/aromatic N) is 6. The number of hydrogen-bond acceptors (Lipinski definition) is 6. The van der Waals surface area contributed by atoms with Gasteiger partial charge < -0.3 is 0 Å². The monoisotopic (exact) mass is 692 g/mol. The molecule has 6 nitrogen and oxygen atoms in total. The molecule has 0 spiro atoms. The SMILES string of the molecule is c1ccc(-c2cc(-c3ccc(-c4cc(-c5ccccc5)nc(-c5ccc(-c6ccccn6)cc5)n4)cc3)nc(-c3ccc(-c4ccccn4)cc3)n2)cc1. The maximum atomic E-state index is 5.08. The Hall–Kier alpha value is -7.44. The first-order valence-electron chi connectivity index (χ1n) is 17.8. The highest BCUT2D eigenvalue weighted by Crippen LogP contribution is 2.32. The van der Waals surface area contributed by atoms with Crippen LogP contribution in [0, 0.1) is 0 Å². The van der Waals surface area contributed by atoms with E-state index in [0.717, 1.165) is 78.7 Å². The molecule has 0 aliphatic carbocycles. The molecule has 0 aliphatic rings. The van der Waals surface area contributed by atoms with E-state index in [0.29, 0.717) is 11.6 Å². The quantitative estimate of drug-likeness (QED) is 0.158. The Labute approximate surface area is 313 Å². The highest BCUT2D eigenvalue weighted by molar-refractivity contribution is 5.77. The molecule has 9 rings (SSSR count). The lowest BCUT2D eigenvalue weighted by molar-refractivity contribution is 1.18. The van der Waals surface area contributed by atoms with Crippen LogP contribution in [0.25, 0.3) is 90.3 Å². The van der Waals surface area contributed by atoms with E-state index >= 15 is 0 Å². The number of benzene rings is 5. The number of aromatic nitrogens is 6. The predicted octanol–water partition coefficient (Wildman–Crippen LogP) is 11.4. The Kier molecular flexibility index (Phi) is 8.81. The molecule has 0 unspecified atom stereocenters. The van der Waals surface area contributed by atoms with Gasteiger partial charge in [0.1, 0.15) is 0 Å². The van der Waals surface area contributed by atoms with Gasteiger partial charge in [0.15, 0.2) is 11.6 Å². The van der Waals surface area contributed by atoms with Crippen LogP contribution in [-0.2, 0) is 0 Å². The van der Waals surface area contributed by atoms with Gasteiger partial charge in [0.2, 0.25) is 0 Å². The fourth-order valence-electron chi connectivity index (χ4n) is 6.42. The van der Waals surface area contributed by atoms with Gasteiger partial charge in [-0.2, -0.15) is 0 Å². The molecule has 254 valence electrons. The lowest BCUT2D eigenvalue weighted by atomic mass is 10.0. The van der Waals surface area contributed by atoms with E-state index in [4.69, 9.17) is 19.9 Å².